The van der Waals surface area contributed by atoms with E-state index in [0.29, 0.717) is 11.3 Å². The number of benzene rings is 4. The van der Waals surface area contributed by atoms with Gasteiger partial charge in [0, 0.05) is 11.3 Å². The molecule has 1 heterocycles. The zero-order valence-electron chi connectivity index (χ0n) is 14.9. The summed E-state index contributed by atoms with van der Waals surface area (Å²) < 4.78 is 0. The Labute approximate surface area is 161 Å². The number of hydrogen-bond donors (Lipinski definition) is 1. The number of fused-ring (bicyclic) bond motifs is 2. The van der Waals surface area contributed by atoms with Crippen molar-refractivity contribution in [2.75, 3.05) is 5.32 Å². The summed E-state index contributed by atoms with van der Waals surface area (Å²) in [5.74, 6) is -0.147. The molecule has 1 amide bonds. The third-order valence-corrected chi connectivity index (χ3v) is 4.66. The molecular weight excluding hydrogens is 348 g/mol. The molecule has 0 fully saturated rings. The Balaban J connectivity index is 1.47. The molecule has 134 valence electrons. The molecule has 0 spiro atoms. The number of carbonyl (C=O) groups excluding carboxylic acids is 1. The van der Waals surface area contributed by atoms with Crippen LogP contribution in [0.5, 0.6) is 0 Å². The summed E-state index contributed by atoms with van der Waals surface area (Å²) in [4.78, 5) is 14.4. The largest absolute Gasteiger partial charge is 0.322 e. The molecule has 0 saturated carbocycles. The summed E-state index contributed by atoms with van der Waals surface area (Å²) >= 11 is 0. The van der Waals surface area contributed by atoms with Gasteiger partial charge in [0.05, 0.1) is 5.69 Å². The molecule has 5 aromatic rings. The summed E-state index contributed by atoms with van der Waals surface area (Å²) in [5.41, 5.74) is 3.71. The molecule has 0 atom stereocenters. The number of nitrogens with zero attached hydrogens (tertiary/aromatic N) is 3. The van der Waals surface area contributed by atoms with Crippen molar-refractivity contribution in [3.8, 4) is 5.69 Å². The van der Waals surface area contributed by atoms with Crippen LogP contribution >= 0.6 is 0 Å². The van der Waals surface area contributed by atoms with E-state index in [-0.39, 0.29) is 5.91 Å². The van der Waals surface area contributed by atoms with Gasteiger partial charge in [0.25, 0.3) is 5.91 Å². The van der Waals surface area contributed by atoms with Gasteiger partial charge >= 0.3 is 0 Å². The predicted molar refractivity (Wildman–Crippen MR) is 111 cm³/mol. The Kier molecular flexibility index (Phi) is 3.84. The minimum atomic E-state index is -0.147. The number of nitrogens with one attached hydrogen (secondary N) is 1. The Morgan fingerprint density at radius 2 is 1.50 bits per heavy atom. The Hall–Kier alpha value is -3.99. The molecule has 5 heteroatoms. The van der Waals surface area contributed by atoms with Gasteiger partial charge in [-0.1, -0.05) is 54.6 Å². The van der Waals surface area contributed by atoms with Gasteiger partial charge in [0.1, 0.15) is 11.0 Å². The number of hydrogen-bond acceptors (Lipinski definition) is 3. The molecule has 0 aliphatic rings. The first kappa shape index (κ1) is 16.2. The first-order valence-corrected chi connectivity index (χ1v) is 9.00. The van der Waals surface area contributed by atoms with Gasteiger partial charge in [-0.25, -0.2) is 0 Å². The SMILES string of the molecule is O=C(Nc1ccc2nn(-c3ccccc3)nc2c1)c1cccc2ccccc12. The van der Waals surface area contributed by atoms with Gasteiger partial charge in [-0.3, -0.25) is 4.79 Å². The van der Waals surface area contributed by atoms with Crippen LogP contribution in [0.15, 0.2) is 91.0 Å². The van der Waals surface area contributed by atoms with Gasteiger partial charge in [0.2, 0.25) is 0 Å². The number of amides is 1. The van der Waals surface area contributed by atoms with Crippen molar-refractivity contribution in [2.24, 2.45) is 0 Å². The molecular formula is C23H16N4O. The van der Waals surface area contributed by atoms with Crippen LogP contribution in [0.25, 0.3) is 27.5 Å². The van der Waals surface area contributed by atoms with Crippen molar-refractivity contribution in [3.05, 3.63) is 96.6 Å². The summed E-state index contributed by atoms with van der Waals surface area (Å²) in [6.45, 7) is 0. The molecule has 1 N–H and O–H groups in total. The molecule has 28 heavy (non-hydrogen) atoms. The number of rotatable bonds is 3. The van der Waals surface area contributed by atoms with E-state index < -0.39 is 0 Å². The van der Waals surface area contributed by atoms with Crippen molar-refractivity contribution in [1.29, 1.82) is 0 Å². The smallest absolute Gasteiger partial charge is 0.256 e. The fourth-order valence-electron chi connectivity index (χ4n) is 3.29. The number of aromatic nitrogens is 3. The summed E-state index contributed by atoms with van der Waals surface area (Å²) in [5, 5.41) is 14.0. The molecule has 0 aliphatic heterocycles. The maximum atomic E-state index is 12.8. The van der Waals surface area contributed by atoms with E-state index in [2.05, 4.69) is 15.5 Å². The Bertz CT molecular complexity index is 1300. The Morgan fingerprint density at radius 3 is 2.39 bits per heavy atom. The molecule has 0 unspecified atom stereocenters. The number of anilines is 1. The number of para-hydroxylation sites is 1. The molecule has 0 bridgehead atoms. The average Bonchev–Trinajstić information content (AvgIpc) is 3.17. The lowest BCUT2D eigenvalue weighted by atomic mass is 10.0. The fourth-order valence-corrected chi connectivity index (χ4v) is 3.29. The summed E-state index contributed by atoms with van der Waals surface area (Å²) in [7, 11) is 0. The topological polar surface area (TPSA) is 59.8 Å². The van der Waals surface area contributed by atoms with E-state index in [0.717, 1.165) is 27.5 Å². The van der Waals surface area contributed by atoms with Crippen molar-refractivity contribution in [2.45, 2.75) is 0 Å². The predicted octanol–water partition coefficient (Wildman–Crippen LogP) is 4.83. The van der Waals surface area contributed by atoms with Crippen molar-refractivity contribution in [3.63, 3.8) is 0 Å². The van der Waals surface area contributed by atoms with Crippen LogP contribution < -0.4 is 5.32 Å². The minimum Gasteiger partial charge on any atom is -0.322 e. The highest BCUT2D eigenvalue weighted by Gasteiger charge is 2.11. The summed E-state index contributed by atoms with van der Waals surface area (Å²) in [6.07, 6.45) is 0. The zero-order chi connectivity index (χ0) is 18.9. The van der Waals surface area contributed by atoms with Crippen LogP contribution in [0.4, 0.5) is 5.69 Å². The molecule has 0 radical (unpaired) electrons. The van der Waals surface area contributed by atoms with Crippen LogP contribution in [0.3, 0.4) is 0 Å². The van der Waals surface area contributed by atoms with Crippen LogP contribution in [0.2, 0.25) is 0 Å². The standard InChI is InChI=1S/C23H16N4O/c28-23(20-12-6-8-16-7-4-5-11-19(16)20)24-17-13-14-21-22(15-17)26-27(25-21)18-9-2-1-3-10-18/h1-15H,(H,24,28). The lowest BCUT2D eigenvalue weighted by molar-refractivity contribution is 0.102. The van der Waals surface area contributed by atoms with E-state index in [1.165, 1.54) is 0 Å². The fraction of sp³-hybridized carbons (Fsp3) is 0. The van der Waals surface area contributed by atoms with Crippen molar-refractivity contribution in [1.82, 2.24) is 15.0 Å². The normalized spacial score (nSPS) is 11.0. The quantitative estimate of drug-likeness (QED) is 0.499. The van der Waals surface area contributed by atoms with E-state index in [9.17, 15) is 4.79 Å². The van der Waals surface area contributed by atoms with Crippen LogP contribution in [0.1, 0.15) is 10.4 Å². The highest BCUT2D eigenvalue weighted by molar-refractivity contribution is 6.13. The number of carbonyl (C=O) groups is 1. The average molecular weight is 364 g/mol. The van der Waals surface area contributed by atoms with E-state index in [4.69, 9.17) is 0 Å². The first-order chi connectivity index (χ1) is 13.8. The van der Waals surface area contributed by atoms with Gasteiger partial charge in [-0.15, -0.1) is 10.2 Å². The molecule has 1 aromatic heterocycles. The highest BCUT2D eigenvalue weighted by atomic mass is 16.1. The maximum absolute atomic E-state index is 12.8. The summed E-state index contributed by atoms with van der Waals surface area (Å²) in [6, 6.07) is 28.9. The van der Waals surface area contributed by atoms with Crippen molar-refractivity contribution >= 4 is 33.4 Å². The van der Waals surface area contributed by atoms with Gasteiger partial charge in [-0.2, -0.15) is 4.80 Å². The molecule has 0 saturated heterocycles. The van der Waals surface area contributed by atoms with Crippen molar-refractivity contribution < 1.29 is 4.79 Å². The lowest BCUT2D eigenvalue weighted by Gasteiger charge is -2.08. The van der Waals surface area contributed by atoms with Crippen LogP contribution in [-0.4, -0.2) is 20.9 Å². The first-order valence-electron chi connectivity index (χ1n) is 9.00. The second-order valence-electron chi connectivity index (χ2n) is 6.51. The highest BCUT2D eigenvalue weighted by Crippen LogP contribution is 2.22. The Morgan fingerprint density at radius 1 is 0.750 bits per heavy atom. The third kappa shape index (κ3) is 2.89. The lowest BCUT2D eigenvalue weighted by Crippen LogP contribution is -2.12. The molecule has 4 aromatic carbocycles. The van der Waals surface area contributed by atoms with E-state index in [1.807, 2.05) is 91.0 Å². The molecule has 5 rings (SSSR count). The minimum absolute atomic E-state index is 0.147. The second-order valence-corrected chi connectivity index (χ2v) is 6.51. The third-order valence-electron chi connectivity index (χ3n) is 4.66. The van der Waals surface area contributed by atoms with E-state index in [1.54, 1.807) is 4.80 Å². The zero-order valence-corrected chi connectivity index (χ0v) is 14.9. The second kappa shape index (κ2) is 6.63. The molecule has 5 nitrogen and oxygen atoms in total. The van der Waals surface area contributed by atoms with Crippen LogP contribution in [-0.2, 0) is 0 Å². The van der Waals surface area contributed by atoms with Gasteiger partial charge < -0.3 is 5.32 Å². The van der Waals surface area contributed by atoms with Crippen LogP contribution in [0, 0.1) is 0 Å². The van der Waals surface area contributed by atoms with E-state index >= 15 is 0 Å². The molecule has 0 aliphatic carbocycles. The monoisotopic (exact) mass is 364 g/mol. The van der Waals surface area contributed by atoms with Gasteiger partial charge in [0.15, 0.2) is 0 Å². The maximum Gasteiger partial charge on any atom is 0.256 e. The van der Waals surface area contributed by atoms with Gasteiger partial charge in [-0.05, 0) is 47.2 Å².